The Hall–Kier alpha value is -2.92. The first-order chi connectivity index (χ1) is 15.5. The van der Waals surface area contributed by atoms with Crippen LogP contribution in [-0.2, 0) is 19.4 Å². The largest absolute Gasteiger partial charge is 0.489 e. The number of hydrogen-bond donors (Lipinski definition) is 1. The first-order valence-corrected chi connectivity index (χ1v) is 12.1. The van der Waals surface area contributed by atoms with Crippen LogP contribution in [-0.4, -0.2) is 9.97 Å². The fourth-order valence-electron chi connectivity index (χ4n) is 4.46. The molecule has 1 unspecified atom stereocenters. The van der Waals surface area contributed by atoms with Gasteiger partial charge in [-0.1, -0.05) is 51.1 Å². The molecule has 4 nitrogen and oxygen atoms in total. The van der Waals surface area contributed by atoms with Crippen LogP contribution in [0.15, 0.2) is 60.9 Å². The summed E-state index contributed by atoms with van der Waals surface area (Å²) in [6.45, 7) is 7.64. The van der Waals surface area contributed by atoms with Crippen molar-refractivity contribution in [2.75, 3.05) is 5.32 Å². The zero-order valence-electron chi connectivity index (χ0n) is 18.9. The Kier molecular flexibility index (Phi) is 5.60. The highest BCUT2D eigenvalue weighted by molar-refractivity contribution is 7.19. The van der Waals surface area contributed by atoms with Gasteiger partial charge in [-0.05, 0) is 66.0 Å². The van der Waals surface area contributed by atoms with Crippen molar-refractivity contribution in [1.82, 2.24) is 9.97 Å². The van der Waals surface area contributed by atoms with Crippen molar-refractivity contribution in [3.8, 4) is 5.75 Å². The van der Waals surface area contributed by atoms with Crippen LogP contribution in [0.3, 0.4) is 0 Å². The highest BCUT2D eigenvalue weighted by Crippen LogP contribution is 2.44. The summed E-state index contributed by atoms with van der Waals surface area (Å²) in [5.74, 6) is 2.48. The maximum atomic E-state index is 5.92. The lowest BCUT2D eigenvalue weighted by Crippen LogP contribution is -2.26. The molecule has 0 radical (unpaired) electrons. The summed E-state index contributed by atoms with van der Waals surface area (Å²) in [7, 11) is 0. The van der Waals surface area contributed by atoms with Gasteiger partial charge in [-0.3, -0.25) is 0 Å². The molecule has 1 N–H and O–H groups in total. The summed E-state index contributed by atoms with van der Waals surface area (Å²) in [6.07, 6.45) is 5.15. The topological polar surface area (TPSA) is 47.0 Å². The number of nitrogens with one attached hydrogen (secondary N) is 1. The minimum atomic E-state index is 0.338. The molecule has 0 saturated carbocycles. The second-order valence-corrected chi connectivity index (χ2v) is 10.7. The molecule has 1 aliphatic carbocycles. The quantitative estimate of drug-likeness (QED) is 0.355. The predicted molar refractivity (Wildman–Crippen MR) is 133 cm³/mol. The number of ether oxygens (including phenoxy) is 1. The number of rotatable bonds is 5. The van der Waals surface area contributed by atoms with E-state index < -0.39 is 0 Å². The van der Waals surface area contributed by atoms with Crippen LogP contribution in [0.2, 0.25) is 0 Å². The van der Waals surface area contributed by atoms with Crippen molar-refractivity contribution in [2.45, 2.75) is 46.6 Å². The third-order valence-electron chi connectivity index (χ3n) is 6.44. The second kappa shape index (κ2) is 8.55. The molecule has 1 atom stereocenters. The van der Waals surface area contributed by atoms with Crippen molar-refractivity contribution >= 4 is 33.1 Å². The molecule has 0 bridgehead atoms. The van der Waals surface area contributed by atoms with Crippen LogP contribution in [0.1, 0.15) is 43.2 Å². The van der Waals surface area contributed by atoms with E-state index in [9.17, 15) is 0 Å². The zero-order chi connectivity index (χ0) is 22.1. The van der Waals surface area contributed by atoms with Crippen molar-refractivity contribution < 1.29 is 4.74 Å². The minimum absolute atomic E-state index is 0.338. The Balaban J connectivity index is 1.34. The zero-order valence-corrected chi connectivity index (χ0v) is 19.7. The number of aromatic nitrogens is 2. The van der Waals surface area contributed by atoms with Crippen molar-refractivity contribution in [3.63, 3.8) is 0 Å². The minimum Gasteiger partial charge on any atom is -0.489 e. The van der Waals surface area contributed by atoms with Crippen LogP contribution in [0.4, 0.5) is 11.5 Å². The number of aryl methyl sites for hydroxylation is 1. The summed E-state index contributed by atoms with van der Waals surface area (Å²) in [6, 6.07) is 18.3. The molecule has 0 fully saturated rings. The van der Waals surface area contributed by atoms with E-state index in [2.05, 4.69) is 48.2 Å². The van der Waals surface area contributed by atoms with Crippen molar-refractivity contribution in [2.24, 2.45) is 11.3 Å². The molecule has 1 aliphatic rings. The average Bonchev–Trinajstić information content (AvgIpc) is 3.17. The first kappa shape index (κ1) is 21.0. The monoisotopic (exact) mass is 443 g/mol. The van der Waals surface area contributed by atoms with Gasteiger partial charge in [0.05, 0.1) is 5.39 Å². The van der Waals surface area contributed by atoms with E-state index in [0.29, 0.717) is 12.0 Å². The summed E-state index contributed by atoms with van der Waals surface area (Å²) in [4.78, 5) is 11.8. The third-order valence-corrected chi connectivity index (χ3v) is 7.60. The van der Waals surface area contributed by atoms with E-state index >= 15 is 0 Å². The van der Waals surface area contributed by atoms with E-state index in [4.69, 9.17) is 4.74 Å². The molecule has 5 heteroatoms. The molecule has 0 spiro atoms. The third kappa shape index (κ3) is 4.35. The molecule has 32 heavy (non-hydrogen) atoms. The van der Waals surface area contributed by atoms with Crippen LogP contribution >= 0.6 is 11.3 Å². The van der Waals surface area contributed by atoms with Gasteiger partial charge in [0, 0.05) is 10.6 Å². The Morgan fingerprint density at radius 3 is 2.56 bits per heavy atom. The van der Waals surface area contributed by atoms with Gasteiger partial charge in [0.25, 0.3) is 0 Å². The number of nitrogens with zero attached hydrogens (tertiary/aromatic N) is 2. The fourth-order valence-corrected chi connectivity index (χ4v) is 5.72. The number of benzene rings is 2. The summed E-state index contributed by atoms with van der Waals surface area (Å²) in [5.41, 5.74) is 3.94. The fraction of sp³-hybridized carbons (Fsp3) is 0.333. The van der Waals surface area contributed by atoms with Crippen molar-refractivity contribution in [3.05, 3.63) is 76.9 Å². The highest BCUT2D eigenvalue weighted by atomic mass is 32.1. The Bertz CT molecular complexity index is 1210. The van der Waals surface area contributed by atoms with Crippen molar-refractivity contribution in [1.29, 1.82) is 0 Å². The molecule has 164 valence electrons. The molecule has 0 saturated heterocycles. The highest BCUT2D eigenvalue weighted by Gasteiger charge is 2.31. The van der Waals surface area contributed by atoms with Gasteiger partial charge in [-0.15, -0.1) is 11.3 Å². The van der Waals surface area contributed by atoms with E-state index in [0.717, 1.165) is 46.4 Å². The maximum Gasteiger partial charge on any atom is 0.142 e. The van der Waals surface area contributed by atoms with Gasteiger partial charge in [-0.2, -0.15) is 0 Å². The molecular formula is C27H29N3OS. The Morgan fingerprint density at radius 2 is 1.81 bits per heavy atom. The molecule has 2 heterocycles. The molecule has 5 rings (SSSR count). The van der Waals surface area contributed by atoms with Gasteiger partial charge < -0.3 is 10.1 Å². The smallest absolute Gasteiger partial charge is 0.142 e. The Morgan fingerprint density at radius 1 is 1.03 bits per heavy atom. The molecule has 0 aliphatic heterocycles. The lowest BCUT2D eigenvalue weighted by Gasteiger charge is -2.33. The molecule has 4 aromatic rings. The van der Waals surface area contributed by atoms with E-state index in [1.807, 2.05) is 53.8 Å². The summed E-state index contributed by atoms with van der Waals surface area (Å²) >= 11 is 1.84. The normalized spacial score (nSPS) is 16.0. The molecule has 2 aromatic heterocycles. The van der Waals surface area contributed by atoms with Gasteiger partial charge in [0.1, 0.15) is 29.3 Å². The van der Waals surface area contributed by atoms with E-state index in [1.54, 1.807) is 6.33 Å². The lowest BCUT2D eigenvalue weighted by molar-refractivity contribution is 0.218. The summed E-state index contributed by atoms with van der Waals surface area (Å²) < 4.78 is 5.92. The molecule has 0 amide bonds. The lowest BCUT2D eigenvalue weighted by atomic mass is 9.72. The summed E-state index contributed by atoms with van der Waals surface area (Å²) in [5, 5.41) is 4.72. The number of fused-ring (bicyclic) bond motifs is 3. The van der Waals surface area contributed by atoms with Crippen LogP contribution < -0.4 is 10.1 Å². The predicted octanol–water partition coefficient (Wildman–Crippen LogP) is 7.16. The van der Waals surface area contributed by atoms with Gasteiger partial charge in [0.15, 0.2) is 0 Å². The van der Waals surface area contributed by atoms with E-state index in [1.165, 1.54) is 22.2 Å². The number of anilines is 2. The van der Waals surface area contributed by atoms with Crippen LogP contribution in [0.25, 0.3) is 10.2 Å². The van der Waals surface area contributed by atoms with Gasteiger partial charge >= 0.3 is 0 Å². The first-order valence-electron chi connectivity index (χ1n) is 11.3. The average molecular weight is 444 g/mol. The van der Waals surface area contributed by atoms with Gasteiger partial charge in [-0.25, -0.2) is 9.97 Å². The Labute approximate surface area is 193 Å². The number of thiophene rings is 1. The van der Waals surface area contributed by atoms with Gasteiger partial charge in [0.2, 0.25) is 0 Å². The SMILES string of the molecule is CC(C)(C)C1CCc2c(sc3ncnc(Nc4ccc(OCc5ccccc5)cc4)c23)C1. The van der Waals surface area contributed by atoms with Crippen LogP contribution in [0.5, 0.6) is 5.75 Å². The van der Waals surface area contributed by atoms with Crippen LogP contribution in [0, 0.1) is 11.3 Å². The molecular weight excluding hydrogens is 414 g/mol. The number of hydrogen-bond acceptors (Lipinski definition) is 5. The molecule has 2 aromatic carbocycles. The van der Waals surface area contributed by atoms with E-state index in [-0.39, 0.29) is 0 Å². The maximum absolute atomic E-state index is 5.92. The standard InChI is InChI=1S/C27H29N3OS/c1-27(2,3)19-9-14-22-23(15-19)32-26-24(22)25(28-17-29-26)30-20-10-12-21(13-11-20)31-16-18-7-5-4-6-8-18/h4-8,10-13,17,19H,9,14-16H2,1-3H3,(H,28,29,30). The second-order valence-electron chi connectivity index (χ2n) is 9.64.